The first-order valence-corrected chi connectivity index (χ1v) is 10.8. The molecule has 4 heterocycles. The lowest BCUT2D eigenvalue weighted by Crippen LogP contribution is -2.12. The third kappa shape index (κ3) is 3.63. The van der Waals surface area contributed by atoms with Gasteiger partial charge in [0.2, 0.25) is 0 Å². The van der Waals surface area contributed by atoms with Gasteiger partial charge in [-0.25, -0.2) is 9.97 Å². The maximum Gasteiger partial charge on any atom is 0.257 e. The quantitative estimate of drug-likeness (QED) is 0.503. The molecule has 0 spiro atoms. The summed E-state index contributed by atoms with van der Waals surface area (Å²) in [5.41, 5.74) is 2.38. The van der Waals surface area contributed by atoms with Gasteiger partial charge in [0.1, 0.15) is 29.2 Å². The SMILES string of the molecule is CC(C)n1cnnc1-c1cccc(NC(=O)c2csc(-n3cnc(C4CC4)c3)c2)n1. The van der Waals surface area contributed by atoms with Crippen LogP contribution in [0.25, 0.3) is 16.5 Å². The van der Waals surface area contributed by atoms with Crippen LogP contribution in [0.5, 0.6) is 0 Å². The molecule has 0 saturated heterocycles. The Hall–Kier alpha value is -3.33. The smallest absolute Gasteiger partial charge is 0.257 e. The van der Waals surface area contributed by atoms with Crippen LogP contribution < -0.4 is 5.32 Å². The predicted octanol–water partition coefficient (Wildman–Crippen LogP) is 4.30. The Balaban J connectivity index is 1.33. The van der Waals surface area contributed by atoms with Gasteiger partial charge in [0, 0.05) is 23.5 Å². The highest BCUT2D eigenvalue weighted by Crippen LogP contribution is 2.39. The van der Waals surface area contributed by atoms with Crippen LogP contribution in [0.15, 0.2) is 48.5 Å². The molecule has 0 radical (unpaired) electrons. The van der Waals surface area contributed by atoms with Crippen LogP contribution in [0, 0.1) is 0 Å². The Bertz CT molecular complexity index is 1200. The number of amides is 1. The molecular formula is C21H21N7OS. The fraction of sp³-hybridized carbons (Fsp3) is 0.286. The van der Waals surface area contributed by atoms with Crippen LogP contribution in [0.1, 0.15) is 54.7 Å². The molecule has 0 aliphatic heterocycles. The van der Waals surface area contributed by atoms with Gasteiger partial charge in [-0.1, -0.05) is 6.07 Å². The predicted molar refractivity (Wildman–Crippen MR) is 115 cm³/mol. The van der Waals surface area contributed by atoms with E-state index in [4.69, 9.17) is 0 Å². The maximum atomic E-state index is 12.8. The molecule has 1 aliphatic rings. The number of thiophene rings is 1. The van der Waals surface area contributed by atoms with Crippen molar-refractivity contribution in [2.24, 2.45) is 0 Å². The van der Waals surface area contributed by atoms with E-state index in [0.717, 1.165) is 10.7 Å². The summed E-state index contributed by atoms with van der Waals surface area (Å²) in [7, 11) is 0. The minimum atomic E-state index is -0.199. The van der Waals surface area contributed by atoms with Gasteiger partial charge in [-0.3, -0.25) is 9.36 Å². The highest BCUT2D eigenvalue weighted by atomic mass is 32.1. The van der Waals surface area contributed by atoms with Gasteiger partial charge in [0.15, 0.2) is 5.82 Å². The second-order valence-corrected chi connectivity index (χ2v) is 8.56. The van der Waals surface area contributed by atoms with E-state index < -0.39 is 0 Å². The van der Waals surface area contributed by atoms with Crippen molar-refractivity contribution in [1.82, 2.24) is 29.3 Å². The molecular weight excluding hydrogens is 398 g/mol. The highest BCUT2D eigenvalue weighted by Gasteiger charge is 2.26. The molecule has 9 heteroatoms. The lowest BCUT2D eigenvalue weighted by molar-refractivity contribution is 0.102. The molecule has 1 fully saturated rings. The Labute approximate surface area is 177 Å². The molecule has 1 N–H and O–H groups in total. The van der Waals surface area contributed by atoms with Crippen LogP contribution in [-0.4, -0.2) is 35.2 Å². The minimum Gasteiger partial charge on any atom is -0.310 e. The van der Waals surface area contributed by atoms with Gasteiger partial charge < -0.3 is 9.88 Å². The van der Waals surface area contributed by atoms with Crippen molar-refractivity contribution in [2.75, 3.05) is 5.32 Å². The zero-order valence-electron chi connectivity index (χ0n) is 16.7. The number of carbonyl (C=O) groups is 1. The van der Waals surface area contributed by atoms with Crippen molar-refractivity contribution in [3.63, 3.8) is 0 Å². The second-order valence-electron chi connectivity index (χ2n) is 7.67. The van der Waals surface area contributed by atoms with Gasteiger partial charge in [-0.05, 0) is 44.9 Å². The first-order chi connectivity index (χ1) is 14.6. The molecule has 4 aromatic rings. The molecule has 0 unspecified atom stereocenters. The number of hydrogen-bond donors (Lipinski definition) is 1. The lowest BCUT2D eigenvalue weighted by atomic mass is 10.3. The zero-order chi connectivity index (χ0) is 20.7. The molecule has 30 heavy (non-hydrogen) atoms. The van der Waals surface area contributed by atoms with E-state index in [1.165, 1.54) is 24.2 Å². The van der Waals surface area contributed by atoms with Crippen molar-refractivity contribution < 1.29 is 4.79 Å². The summed E-state index contributed by atoms with van der Waals surface area (Å²) >= 11 is 1.51. The minimum absolute atomic E-state index is 0.199. The van der Waals surface area contributed by atoms with Crippen LogP contribution in [0.4, 0.5) is 5.82 Å². The molecule has 0 atom stereocenters. The van der Waals surface area contributed by atoms with Crippen molar-refractivity contribution in [3.05, 3.63) is 59.8 Å². The van der Waals surface area contributed by atoms with E-state index >= 15 is 0 Å². The normalized spacial score (nSPS) is 13.7. The number of hydrogen-bond acceptors (Lipinski definition) is 6. The number of nitrogens with zero attached hydrogens (tertiary/aromatic N) is 6. The van der Waals surface area contributed by atoms with E-state index in [2.05, 4.69) is 45.5 Å². The average molecular weight is 420 g/mol. The fourth-order valence-electron chi connectivity index (χ4n) is 3.25. The molecule has 152 valence electrons. The van der Waals surface area contributed by atoms with Crippen LogP contribution >= 0.6 is 11.3 Å². The number of pyridine rings is 1. The Morgan fingerprint density at radius 1 is 1.27 bits per heavy atom. The maximum absolute atomic E-state index is 12.8. The monoisotopic (exact) mass is 419 g/mol. The summed E-state index contributed by atoms with van der Waals surface area (Å²) in [4.78, 5) is 21.8. The number of imidazole rings is 1. The molecule has 0 aromatic carbocycles. The summed E-state index contributed by atoms with van der Waals surface area (Å²) in [6, 6.07) is 7.56. The number of anilines is 1. The topological polar surface area (TPSA) is 90.5 Å². The van der Waals surface area contributed by atoms with Crippen molar-refractivity contribution in [3.8, 4) is 16.5 Å². The van der Waals surface area contributed by atoms with Gasteiger partial charge in [0.25, 0.3) is 5.91 Å². The van der Waals surface area contributed by atoms with Crippen molar-refractivity contribution in [2.45, 2.75) is 38.6 Å². The van der Waals surface area contributed by atoms with E-state index in [1.807, 2.05) is 39.0 Å². The fourth-order valence-corrected chi connectivity index (χ4v) is 4.09. The van der Waals surface area contributed by atoms with Crippen LogP contribution in [0.2, 0.25) is 0 Å². The Kier molecular flexibility index (Phi) is 4.66. The van der Waals surface area contributed by atoms with Gasteiger partial charge in [-0.15, -0.1) is 21.5 Å². The molecule has 0 bridgehead atoms. The third-order valence-electron chi connectivity index (χ3n) is 5.05. The van der Waals surface area contributed by atoms with E-state index in [9.17, 15) is 4.79 Å². The summed E-state index contributed by atoms with van der Waals surface area (Å²) in [5, 5.41) is 13.9. The third-order valence-corrected chi connectivity index (χ3v) is 5.99. The van der Waals surface area contributed by atoms with Gasteiger partial charge >= 0.3 is 0 Å². The summed E-state index contributed by atoms with van der Waals surface area (Å²) in [6.07, 6.45) is 7.99. The number of rotatable bonds is 6. The van der Waals surface area contributed by atoms with Gasteiger partial charge in [0.05, 0.1) is 11.3 Å². The highest BCUT2D eigenvalue weighted by molar-refractivity contribution is 7.12. The van der Waals surface area contributed by atoms with Gasteiger partial charge in [-0.2, -0.15) is 0 Å². The van der Waals surface area contributed by atoms with E-state index in [0.29, 0.717) is 28.8 Å². The molecule has 1 saturated carbocycles. The molecule has 5 rings (SSSR count). The van der Waals surface area contributed by atoms with E-state index in [-0.39, 0.29) is 11.9 Å². The lowest BCUT2D eigenvalue weighted by Gasteiger charge is -2.10. The zero-order valence-corrected chi connectivity index (χ0v) is 17.5. The molecule has 4 aromatic heterocycles. The number of carbonyl (C=O) groups excluding carboxylic acids is 1. The van der Waals surface area contributed by atoms with Crippen molar-refractivity contribution >= 4 is 23.1 Å². The Morgan fingerprint density at radius 3 is 2.93 bits per heavy atom. The summed E-state index contributed by atoms with van der Waals surface area (Å²) in [6.45, 7) is 4.11. The molecule has 8 nitrogen and oxygen atoms in total. The largest absolute Gasteiger partial charge is 0.310 e. The second kappa shape index (κ2) is 7.49. The number of nitrogens with one attached hydrogen (secondary N) is 1. The summed E-state index contributed by atoms with van der Waals surface area (Å²) in [5.74, 6) is 1.55. The van der Waals surface area contributed by atoms with Crippen molar-refractivity contribution in [1.29, 1.82) is 0 Å². The molecule has 1 aliphatic carbocycles. The standard InChI is InChI=1S/C21H21N7OS/c1-13(2)28-12-23-26-20(28)16-4-3-5-18(24-16)25-21(29)15-8-19(30-10-15)27-9-17(22-11-27)14-6-7-14/h3-5,8-14H,6-7H2,1-2H3,(H,24,25,29). The van der Waals surface area contributed by atoms with Crippen LogP contribution in [-0.2, 0) is 0 Å². The average Bonchev–Trinajstić information content (AvgIpc) is 3.18. The Morgan fingerprint density at radius 2 is 2.13 bits per heavy atom. The first kappa shape index (κ1) is 18.7. The van der Waals surface area contributed by atoms with Crippen LogP contribution in [0.3, 0.4) is 0 Å². The molecule has 1 amide bonds. The summed E-state index contributed by atoms with van der Waals surface area (Å²) < 4.78 is 3.92. The first-order valence-electron chi connectivity index (χ1n) is 9.89. The number of aromatic nitrogens is 6. The van der Waals surface area contributed by atoms with E-state index in [1.54, 1.807) is 12.4 Å².